The van der Waals surface area contributed by atoms with E-state index in [1.807, 2.05) is 4.90 Å². The fourth-order valence-corrected chi connectivity index (χ4v) is 3.41. The third-order valence-electron chi connectivity index (χ3n) is 3.17. The van der Waals surface area contributed by atoms with E-state index in [2.05, 4.69) is 6.92 Å². The normalized spacial score (nSPS) is 33.1. The molecule has 2 fully saturated rings. The van der Waals surface area contributed by atoms with Crippen molar-refractivity contribution in [3.05, 3.63) is 0 Å². The summed E-state index contributed by atoms with van der Waals surface area (Å²) in [4.78, 5) is 13.9. The van der Waals surface area contributed by atoms with Crippen molar-refractivity contribution in [3.63, 3.8) is 0 Å². The lowest BCUT2D eigenvalue weighted by Gasteiger charge is -2.42. The third kappa shape index (κ3) is 1.65. The molecule has 0 saturated carbocycles. The first kappa shape index (κ1) is 10.3. The van der Waals surface area contributed by atoms with Gasteiger partial charge in [0, 0.05) is 25.6 Å². The summed E-state index contributed by atoms with van der Waals surface area (Å²) in [7, 11) is 0. The highest BCUT2D eigenvalue weighted by Crippen LogP contribution is 2.40. The predicted octanol–water partition coefficient (Wildman–Crippen LogP) is 0.723. The van der Waals surface area contributed by atoms with Gasteiger partial charge in [-0.2, -0.15) is 0 Å². The zero-order chi connectivity index (χ0) is 10.2. The van der Waals surface area contributed by atoms with Crippen LogP contribution in [0.2, 0.25) is 0 Å². The second-order valence-electron chi connectivity index (χ2n) is 4.44. The largest absolute Gasteiger partial charge is 0.396 e. The van der Waals surface area contributed by atoms with Gasteiger partial charge in [0.1, 0.15) is 0 Å². The van der Waals surface area contributed by atoms with Gasteiger partial charge in [0.25, 0.3) is 0 Å². The van der Waals surface area contributed by atoms with Gasteiger partial charge in [0.2, 0.25) is 5.91 Å². The van der Waals surface area contributed by atoms with Crippen LogP contribution >= 0.6 is 11.8 Å². The Kier molecular flexibility index (Phi) is 2.75. The maximum Gasteiger partial charge on any atom is 0.238 e. The van der Waals surface area contributed by atoms with Crippen molar-refractivity contribution in [2.24, 2.45) is 5.92 Å². The van der Waals surface area contributed by atoms with E-state index in [1.165, 1.54) is 0 Å². The topological polar surface area (TPSA) is 40.5 Å². The molecule has 3 nitrogen and oxygen atoms in total. The van der Waals surface area contributed by atoms with Crippen LogP contribution < -0.4 is 0 Å². The molecule has 2 aliphatic rings. The van der Waals surface area contributed by atoms with Gasteiger partial charge in [-0.3, -0.25) is 4.79 Å². The van der Waals surface area contributed by atoms with Crippen LogP contribution in [0.25, 0.3) is 0 Å². The minimum absolute atomic E-state index is 0.166. The van der Waals surface area contributed by atoms with Crippen molar-refractivity contribution in [2.75, 3.05) is 25.4 Å². The zero-order valence-electron chi connectivity index (χ0n) is 8.53. The lowest BCUT2D eigenvalue weighted by Crippen LogP contribution is -2.56. The first-order valence-electron chi connectivity index (χ1n) is 5.20. The quantitative estimate of drug-likeness (QED) is 0.738. The lowest BCUT2D eigenvalue weighted by molar-refractivity contribution is -0.140. The van der Waals surface area contributed by atoms with Crippen LogP contribution in [-0.4, -0.2) is 46.1 Å². The fourth-order valence-electron chi connectivity index (χ4n) is 2.13. The summed E-state index contributed by atoms with van der Waals surface area (Å²) in [5, 5.41) is 8.87. The van der Waals surface area contributed by atoms with Crippen LogP contribution in [0, 0.1) is 5.92 Å². The molecule has 1 atom stereocenters. The average Bonchev–Trinajstić information content (AvgIpc) is 2.51. The van der Waals surface area contributed by atoms with Crippen LogP contribution in [-0.2, 0) is 4.79 Å². The Bertz CT molecular complexity index is 232. The van der Waals surface area contributed by atoms with Gasteiger partial charge in [-0.05, 0) is 25.5 Å². The number of likely N-dealkylation sites (tertiary alicyclic amines) is 1. The summed E-state index contributed by atoms with van der Waals surface area (Å²) in [5.74, 6) is 1.72. The van der Waals surface area contributed by atoms with E-state index in [9.17, 15) is 4.79 Å². The summed E-state index contributed by atoms with van der Waals surface area (Å²) >= 11 is 1.79. The molecule has 0 aromatic rings. The Morgan fingerprint density at radius 3 is 2.86 bits per heavy atom. The Morgan fingerprint density at radius 2 is 2.36 bits per heavy atom. The number of aliphatic hydroxyl groups is 1. The van der Waals surface area contributed by atoms with E-state index < -0.39 is 0 Å². The number of aliphatic hydroxyl groups excluding tert-OH is 1. The number of hydrogen-bond acceptors (Lipinski definition) is 3. The number of amides is 1. The third-order valence-corrected chi connectivity index (χ3v) is 4.68. The lowest BCUT2D eigenvalue weighted by atomic mass is 9.96. The van der Waals surface area contributed by atoms with Gasteiger partial charge in [-0.25, -0.2) is 0 Å². The monoisotopic (exact) mass is 215 g/mol. The number of carbonyl (C=O) groups excluding carboxylic acids is 1. The van der Waals surface area contributed by atoms with Gasteiger partial charge in [-0.15, -0.1) is 11.8 Å². The van der Waals surface area contributed by atoms with E-state index in [4.69, 9.17) is 5.11 Å². The molecule has 0 aliphatic carbocycles. The Morgan fingerprint density at radius 1 is 1.64 bits per heavy atom. The molecule has 0 spiro atoms. The molecule has 2 aliphatic heterocycles. The molecule has 4 heteroatoms. The van der Waals surface area contributed by atoms with Gasteiger partial charge >= 0.3 is 0 Å². The number of hydrogen-bond donors (Lipinski definition) is 1. The minimum atomic E-state index is -0.166. The minimum Gasteiger partial charge on any atom is -0.396 e. The highest BCUT2D eigenvalue weighted by Gasteiger charge is 2.43. The molecule has 14 heavy (non-hydrogen) atoms. The van der Waals surface area contributed by atoms with Crippen LogP contribution in [0.15, 0.2) is 0 Å². The smallest absolute Gasteiger partial charge is 0.238 e. The number of rotatable bonds is 2. The van der Waals surface area contributed by atoms with Gasteiger partial charge in [0.15, 0.2) is 0 Å². The zero-order valence-corrected chi connectivity index (χ0v) is 9.35. The van der Waals surface area contributed by atoms with Crippen molar-refractivity contribution >= 4 is 17.7 Å². The molecule has 0 radical (unpaired) electrons. The van der Waals surface area contributed by atoms with Crippen LogP contribution in [0.1, 0.15) is 19.8 Å². The van der Waals surface area contributed by atoms with Crippen molar-refractivity contribution in [1.29, 1.82) is 0 Å². The summed E-state index contributed by atoms with van der Waals surface area (Å²) < 4.78 is -0.166. The van der Waals surface area contributed by atoms with Crippen molar-refractivity contribution in [1.82, 2.24) is 4.90 Å². The average molecular weight is 215 g/mol. The van der Waals surface area contributed by atoms with Gasteiger partial charge in [0.05, 0.1) is 4.75 Å². The fraction of sp³-hybridized carbons (Fsp3) is 0.900. The van der Waals surface area contributed by atoms with Crippen molar-refractivity contribution in [3.8, 4) is 0 Å². The van der Waals surface area contributed by atoms with E-state index in [1.54, 1.807) is 11.8 Å². The molecule has 1 unspecified atom stereocenters. The van der Waals surface area contributed by atoms with E-state index in [0.717, 1.165) is 31.7 Å². The molecule has 2 saturated heterocycles. The number of nitrogens with zero attached hydrogens (tertiary/aromatic N) is 1. The van der Waals surface area contributed by atoms with Crippen molar-refractivity contribution in [2.45, 2.75) is 24.5 Å². The summed E-state index contributed by atoms with van der Waals surface area (Å²) in [5.41, 5.74) is 0. The maximum absolute atomic E-state index is 12.0. The summed E-state index contributed by atoms with van der Waals surface area (Å²) in [6.07, 6.45) is 2.17. The highest BCUT2D eigenvalue weighted by atomic mass is 32.2. The highest BCUT2D eigenvalue weighted by molar-refractivity contribution is 8.01. The molecular weight excluding hydrogens is 198 g/mol. The molecule has 0 bridgehead atoms. The van der Waals surface area contributed by atoms with E-state index in [-0.39, 0.29) is 17.3 Å². The van der Waals surface area contributed by atoms with Crippen LogP contribution in [0.4, 0.5) is 0 Å². The predicted molar refractivity (Wildman–Crippen MR) is 57.3 cm³/mol. The van der Waals surface area contributed by atoms with Crippen LogP contribution in [0.3, 0.4) is 0 Å². The molecule has 1 N–H and O–H groups in total. The van der Waals surface area contributed by atoms with Gasteiger partial charge in [-0.1, -0.05) is 0 Å². The maximum atomic E-state index is 12.0. The molecule has 0 aromatic carbocycles. The van der Waals surface area contributed by atoms with E-state index in [0.29, 0.717) is 5.92 Å². The first-order valence-corrected chi connectivity index (χ1v) is 6.18. The van der Waals surface area contributed by atoms with Crippen LogP contribution in [0.5, 0.6) is 0 Å². The Labute approximate surface area is 88.9 Å². The number of carbonyl (C=O) groups is 1. The number of thioether (sulfide) groups is 1. The molecule has 2 rings (SSSR count). The molecule has 2 heterocycles. The summed E-state index contributed by atoms with van der Waals surface area (Å²) in [6.45, 7) is 3.78. The summed E-state index contributed by atoms with van der Waals surface area (Å²) in [6, 6.07) is 0. The molecule has 1 amide bonds. The first-order chi connectivity index (χ1) is 6.65. The molecule has 80 valence electrons. The Hall–Kier alpha value is -0.220. The SMILES string of the molecule is CC1(C(=O)N2CC(CO)C2)CCCS1. The second-order valence-corrected chi connectivity index (χ2v) is 6.04. The Balaban J connectivity index is 1.90. The second kappa shape index (κ2) is 3.74. The standard InChI is InChI=1S/C10H17NO2S/c1-10(3-2-4-14-10)9(13)11-5-8(6-11)7-12/h8,12H,2-7H2,1H3. The molecule has 0 aromatic heterocycles. The molecular formula is C10H17NO2S. The van der Waals surface area contributed by atoms with Gasteiger partial charge < -0.3 is 10.0 Å². The van der Waals surface area contributed by atoms with Crippen molar-refractivity contribution < 1.29 is 9.90 Å². The van der Waals surface area contributed by atoms with E-state index >= 15 is 0 Å².